The van der Waals surface area contributed by atoms with Gasteiger partial charge in [-0.15, -0.1) is 11.3 Å². The van der Waals surface area contributed by atoms with Crippen LogP contribution in [0.3, 0.4) is 0 Å². The number of nitrogens with one attached hydrogen (secondary N) is 1. The molecule has 0 spiro atoms. The van der Waals surface area contributed by atoms with Gasteiger partial charge in [0.15, 0.2) is 6.61 Å². The fraction of sp³-hybridized carbons (Fsp3) is 0.474. The summed E-state index contributed by atoms with van der Waals surface area (Å²) in [5, 5.41) is 17.1. The molecule has 148 valence electrons. The van der Waals surface area contributed by atoms with E-state index in [-0.39, 0.29) is 10.7 Å². The number of nitrogens with zero attached hydrogens (tertiary/aromatic N) is 3. The number of anilines is 1. The first-order valence-corrected chi connectivity index (χ1v) is 10.3. The van der Waals surface area contributed by atoms with E-state index >= 15 is 0 Å². The smallest absolute Gasteiger partial charge is 0.343 e. The zero-order valence-electron chi connectivity index (χ0n) is 16.0. The number of thiophene rings is 1. The van der Waals surface area contributed by atoms with Gasteiger partial charge in [0.25, 0.3) is 5.91 Å². The number of hydrogen-bond donors (Lipinski definition) is 1. The van der Waals surface area contributed by atoms with Crippen molar-refractivity contribution in [2.45, 2.75) is 46.6 Å². The van der Waals surface area contributed by atoms with E-state index in [4.69, 9.17) is 16.3 Å². The van der Waals surface area contributed by atoms with Crippen molar-refractivity contribution in [3.05, 3.63) is 32.4 Å². The average molecular weight is 421 g/mol. The van der Waals surface area contributed by atoms with Gasteiger partial charge in [-0.1, -0.05) is 25.4 Å². The quantitative estimate of drug-likeness (QED) is 0.718. The van der Waals surface area contributed by atoms with Crippen LogP contribution in [0.5, 0.6) is 0 Å². The molecule has 0 aliphatic heterocycles. The zero-order valence-corrected chi connectivity index (χ0v) is 17.5. The summed E-state index contributed by atoms with van der Waals surface area (Å²) in [6, 6.07) is 2.16. The Morgan fingerprint density at radius 1 is 1.43 bits per heavy atom. The molecular formula is C19H21ClN4O3S. The minimum atomic E-state index is -0.693. The Hall–Kier alpha value is -2.37. The summed E-state index contributed by atoms with van der Waals surface area (Å²) in [5.41, 5.74) is 2.17. The monoisotopic (exact) mass is 420 g/mol. The van der Waals surface area contributed by atoms with E-state index in [0.29, 0.717) is 28.7 Å². The van der Waals surface area contributed by atoms with Crippen LogP contribution in [0.15, 0.2) is 0 Å². The summed E-state index contributed by atoms with van der Waals surface area (Å²) in [5.74, 6) is -0.872. The predicted molar refractivity (Wildman–Crippen MR) is 107 cm³/mol. The van der Waals surface area contributed by atoms with E-state index in [9.17, 15) is 14.9 Å². The lowest BCUT2D eigenvalue weighted by Gasteiger charge is -2.07. The molecule has 1 aliphatic carbocycles. The minimum Gasteiger partial charge on any atom is -0.452 e. The third kappa shape index (κ3) is 4.05. The fourth-order valence-corrected chi connectivity index (χ4v) is 4.81. The van der Waals surface area contributed by atoms with Gasteiger partial charge in [0.05, 0.1) is 11.3 Å². The van der Waals surface area contributed by atoms with Gasteiger partial charge >= 0.3 is 5.97 Å². The Morgan fingerprint density at radius 3 is 2.86 bits per heavy atom. The number of aryl methyl sites for hydroxylation is 2. The molecule has 0 saturated carbocycles. The van der Waals surface area contributed by atoms with Crippen molar-refractivity contribution < 1.29 is 14.3 Å². The number of halogens is 1. The molecule has 2 aromatic rings. The van der Waals surface area contributed by atoms with Gasteiger partial charge in [-0.2, -0.15) is 10.4 Å². The molecule has 9 heteroatoms. The van der Waals surface area contributed by atoms with Crippen molar-refractivity contribution in [2.75, 3.05) is 11.9 Å². The minimum absolute atomic E-state index is 0.169. The Balaban J connectivity index is 1.64. The van der Waals surface area contributed by atoms with Gasteiger partial charge in [-0.3, -0.25) is 9.48 Å². The van der Waals surface area contributed by atoms with Crippen LogP contribution in [0, 0.1) is 24.2 Å². The summed E-state index contributed by atoms with van der Waals surface area (Å²) in [6.45, 7) is 5.83. The van der Waals surface area contributed by atoms with Crippen LogP contribution in [0.25, 0.3) is 0 Å². The summed E-state index contributed by atoms with van der Waals surface area (Å²) in [7, 11) is 0. The standard InChI is InChI=1S/C19H21ClN4O3S/c1-10(2)8-24-17(20)16(11(3)23-24)19(26)27-9-15(25)22-18-13(7-21)12-5-4-6-14(12)28-18/h10H,4-6,8-9H2,1-3H3,(H,22,25). The number of carbonyl (C=O) groups excluding carboxylic acids is 2. The molecule has 28 heavy (non-hydrogen) atoms. The molecule has 0 aromatic carbocycles. The molecule has 0 fully saturated rings. The van der Waals surface area contributed by atoms with E-state index < -0.39 is 18.5 Å². The third-order valence-electron chi connectivity index (χ3n) is 4.43. The Bertz CT molecular complexity index is 971. The van der Waals surface area contributed by atoms with Crippen molar-refractivity contribution in [1.82, 2.24) is 9.78 Å². The van der Waals surface area contributed by atoms with E-state index in [1.807, 2.05) is 13.8 Å². The molecule has 0 unspecified atom stereocenters. The highest BCUT2D eigenvalue weighted by Gasteiger charge is 2.25. The highest BCUT2D eigenvalue weighted by molar-refractivity contribution is 7.16. The average Bonchev–Trinajstić information content (AvgIpc) is 3.26. The lowest BCUT2D eigenvalue weighted by Crippen LogP contribution is -2.21. The van der Waals surface area contributed by atoms with Crippen LogP contribution in [-0.4, -0.2) is 28.3 Å². The SMILES string of the molecule is Cc1nn(CC(C)C)c(Cl)c1C(=O)OCC(=O)Nc1sc2c(c1C#N)CCC2. The van der Waals surface area contributed by atoms with E-state index in [1.165, 1.54) is 11.3 Å². The maximum absolute atomic E-state index is 12.4. The second-order valence-electron chi connectivity index (χ2n) is 7.12. The normalized spacial score (nSPS) is 12.7. The molecule has 0 atom stereocenters. The summed E-state index contributed by atoms with van der Waals surface area (Å²) >= 11 is 7.68. The molecule has 0 saturated heterocycles. The summed E-state index contributed by atoms with van der Waals surface area (Å²) in [4.78, 5) is 25.8. The van der Waals surface area contributed by atoms with Crippen molar-refractivity contribution in [3.63, 3.8) is 0 Å². The largest absolute Gasteiger partial charge is 0.452 e. The molecule has 2 heterocycles. The zero-order chi connectivity index (χ0) is 20.4. The van der Waals surface area contributed by atoms with Crippen LogP contribution < -0.4 is 5.32 Å². The Labute approximate surface area is 172 Å². The number of rotatable bonds is 6. The molecule has 7 nitrogen and oxygen atoms in total. The highest BCUT2D eigenvalue weighted by atomic mass is 35.5. The lowest BCUT2D eigenvalue weighted by molar-refractivity contribution is -0.119. The van der Waals surface area contributed by atoms with Gasteiger partial charge < -0.3 is 10.1 Å². The lowest BCUT2D eigenvalue weighted by atomic mass is 10.1. The molecule has 1 aliphatic rings. The van der Waals surface area contributed by atoms with Gasteiger partial charge in [0.2, 0.25) is 0 Å². The maximum Gasteiger partial charge on any atom is 0.343 e. The van der Waals surface area contributed by atoms with Crippen molar-refractivity contribution >= 4 is 39.8 Å². The molecule has 0 radical (unpaired) electrons. The van der Waals surface area contributed by atoms with Crippen molar-refractivity contribution in [3.8, 4) is 6.07 Å². The molecule has 2 aromatic heterocycles. The second-order valence-corrected chi connectivity index (χ2v) is 8.59. The topological polar surface area (TPSA) is 97.0 Å². The number of ether oxygens (including phenoxy) is 1. The van der Waals surface area contributed by atoms with Crippen LogP contribution in [0.4, 0.5) is 5.00 Å². The maximum atomic E-state index is 12.4. The number of hydrogen-bond acceptors (Lipinski definition) is 6. The summed E-state index contributed by atoms with van der Waals surface area (Å²) in [6.07, 6.45) is 2.82. The number of aromatic nitrogens is 2. The molecule has 3 rings (SSSR count). The molecule has 1 amide bonds. The van der Waals surface area contributed by atoms with E-state index in [2.05, 4.69) is 16.5 Å². The predicted octanol–water partition coefficient (Wildman–Crippen LogP) is 3.72. The van der Waals surface area contributed by atoms with Crippen LogP contribution in [0.1, 0.15) is 52.3 Å². The van der Waals surface area contributed by atoms with Gasteiger partial charge in [-0.25, -0.2) is 4.79 Å². The number of amides is 1. The third-order valence-corrected chi connectivity index (χ3v) is 6.02. The first kappa shape index (κ1) is 20.4. The van der Waals surface area contributed by atoms with Gasteiger partial charge in [0.1, 0.15) is 21.8 Å². The van der Waals surface area contributed by atoms with Crippen molar-refractivity contribution in [1.29, 1.82) is 5.26 Å². The van der Waals surface area contributed by atoms with Crippen LogP contribution in [-0.2, 0) is 28.9 Å². The van der Waals surface area contributed by atoms with Crippen molar-refractivity contribution in [2.24, 2.45) is 5.92 Å². The Morgan fingerprint density at radius 2 is 2.18 bits per heavy atom. The number of fused-ring (bicyclic) bond motifs is 1. The number of esters is 1. The number of carbonyl (C=O) groups is 2. The van der Waals surface area contributed by atoms with Gasteiger partial charge in [0, 0.05) is 11.4 Å². The fourth-order valence-electron chi connectivity index (χ4n) is 3.23. The van der Waals surface area contributed by atoms with E-state index in [0.717, 1.165) is 29.7 Å². The number of nitriles is 1. The summed E-state index contributed by atoms with van der Waals surface area (Å²) < 4.78 is 6.69. The molecular weight excluding hydrogens is 400 g/mol. The first-order chi connectivity index (χ1) is 13.3. The Kier molecular flexibility index (Phi) is 6.06. The van der Waals surface area contributed by atoms with Gasteiger partial charge in [-0.05, 0) is 37.7 Å². The first-order valence-electron chi connectivity index (χ1n) is 9.06. The second kappa shape index (κ2) is 8.33. The van der Waals surface area contributed by atoms with Crippen LogP contribution in [0.2, 0.25) is 5.15 Å². The highest BCUT2D eigenvalue weighted by Crippen LogP contribution is 2.38. The molecule has 0 bridgehead atoms. The van der Waals surface area contributed by atoms with E-state index in [1.54, 1.807) is 11.6 Å². The molecule has 1 N–H and O–H groups in total. The van der Waals surface area contributed by atoms with Crippen LogP contribution >= 0.6 is 22.9 Å².